The summed E-state index contributed by atoms with van der Waals surface area (Å²) in [6.07, 6.45) is 1.76. The van der Waals surface area contributed by atoms with Crippen molar-refractivity contribution < 1.29 is 9.90 Å². The first-order chi connectivity index (χ1) is 10.1. The summed E-state index contributed by atoms with van der Waals surface area (Å²) in [5, 5.41) is 12.0. The number of fused-ring (bicyclic) bond motifs is 1. The molecule has 0 fully saturated rings. The second-order valence-corrected chi connectivity index (χ2v) is 6.30. The fraction of sp³-hybridized carbons (Fsp3) is 0. The quantitative estimate of drug-likeness (QED) is 0.726. The molecule has 5 heteroatoms. The Morgan fingerprint density at radius 2 is 1.90 bits per heavy atom. The van der Waals surface area contributed by atoms with E-state index in [1.807, 2.05) is 30.3 Å². The van der Waals surface area contributed by atoms with Crippen molar-refractivity contribution in [2.24, 2.45) is 0 Å². The normalized spacial score (nSPS) is 10.7. The lowest BCUT2D eigenvalue weighted by atomic mass is 10.2. The Morgan fingerprint density at radius 1 is 1.10 bits per heavy atom. The average molecular weight is 360 g/mol. The molecular weight excluding hydrogens is 350 g/mol. The van der Waals surface area contributed by atoms with Crippen LogP contribution < -0.4 is 0 Å². The highest BCUT2D eigenvalue weighted by atomic mass is 79.9. The van der Waals surface area contributed by atoms with Crippen LogP contribution >= 0.6 is 27.7 Å². The number of aromatic nitrogens is 1. The van der Waals surface area contributed by atoms with Gasteiger partial charge in [0.2, 0.25) is 0 Å². The number of aromatic carboxylic acids is 1. The van der Waals surface area contributed by atoms with E-state index in [4.69, 9.17) is 5.11 Å². The second-order valence-electron chi connectivity index (χ2n) is 4.39. The molecule has 104 valence electrons. The summed E-state index contributed by atoms with van der Waals surface area (Å²) < 4.78 is 1.02. The largest absolute Gasteiger partial charge is 0.478 e. The van der Waals surface area contributed by atoms with Crippen molar-refractivity contribution in [2.45, 2.75) is 9.92 Å². The molecule has 1 N–H and O–H groups in total. The summed E-state index contributed by atoms with van der Waals surface area (Å²) in [6, 6.07) is 14.8. The maximum atomic E-state index is 11.0. The molecule has 0 saturated carbocycles. The van der Waals surface area contributed by atoms with Crippen molar-refractivity contribution >= 4 is 44.4 Å². The number of carboxylic acid groups (broad SMARTS) is 1. The van der Waals surface area contributed by atoms with E-state index in [1.54, 1.807) is 24.4 Å². The Hall–Kier alpha value is -1.85. The smallest absolute Gasteiger partial charge is 0.335 e. The van der Waals surface area contributed by atoms with Crippen molar-refractivity contribution in [3.8, 4) is 0 Å². The average Bonchev–Trinajstić information content (AvgIpc) is 2.49. The van der Waals surface area contributed by atoms with Gasteiger partial charge in [-0.3, -0.25) is 0 Å². The van der Waals surface area contributed by atoms with E-state index in [1.165, 1.54) is 11.8 Å². The van der Waals surface area contributed by atoms with Gasteiger partial charge < -0.3 is 5.11 Å². The van der Waals surface area contributed by atoms with Crippen molar-refractivity contribution in [1.29, 1.82) is 0 Å². The number of benzene rings is 2. The molecule has 0 aliphatic heterocycles. The van der Waals surface area contributed by atoms with Crippen LogP contribution in [0.3, 0.4) is 0 Å². The van der Waals surface area contributed by atoms with Gasteiger partial charge in [-0.05, 0) is 30.3 Å². The molecule has 0 atom stereocenters. The monoisotopic (exact) mass is 359 g/mol. The van der Waals surface area contributed by atoms with Crippen molar-refractivity contribution in [3.05, 3.63) is 64.8 Å². The third-order valence-corrected chi connectivity index (χ3v) is 4.71. The fourth-order valence-electron chi connectivity index (χ4n) is 2.03. The summed E-state index contributed by atoms with van der Waals surface area (Å²) >= 11 is 4.99. The predicted molar refractivity (Wildman–Crippen MR) is 87.0 cm³/mol. The van der Waals surface area contributed by atoms with E-state index in [0.29, 0.717) is 0 Å². The van der Waals surface area contributed by atoms with E-state index in [9.17, 15) is 4.79 Å². The Morgan fingerprint density at radius 3 is 2.71 bits per heavy atom. The van der Waals surface area contributed by atoms with E-state index in [0.717, 1.165) is 25.2 Å². The molecule has 0 amide bonds. The van der Waals surface area contributed by atoms with Gasteiger partial charge in [-0.15, -0.1) is 0 Å². The maximum Gasteiger partial charge on any atom is 0.335 e. The van der Waals surface area contributed by atoms with E-state index < -0.39 is 5.97 Å². The number of carbonyl (C=O) groups is 1. The van der Waals surface area contributed by atoms with Crippen molar-refractivity contribution in [1.82, 2.24) is 4.98 Å². The Bertz CT molecular complexity index is 835. The van der Waals surface area contributed by atoms with Gasteiger partial charge in [0.25, 0.3) is 0 Å². The molecule has 0 bridgehead atoms. The van der Waals surface area contributed by atoms with Crippen LogP contribution in [0, 0.1) is 0 Å². The summed E-state index contributed by atoms with van der Waals surface area (Å²) in [6.45, 7) is 0. The van der Waals surface area contributed by atoms with Crippen molar-refractivity contribution in [3.63, 3.8) is 0 Å². The van der Waals surface area contributed by atoms with E-state index in [-0.39, 0.29) is 5.56 Å². The van der Waals surface area contributed by atoms with Gasteiger partial charge in [0.05, 0.1) is 5.56 Å². The fourth-order valence-corrected chi connectivity index (χ4v) is 3.48. The van der Waals surface area contributed by atoms with Crippen LogP contribution in [0.25, 0.3) is 10.8 Å². The summed E-state index contributed by atoms with van der Waals surface area (Å²) in [7, 11) is 0. The molecule has 0 unspecified atom stereocenters. The molecule has 0 aliphatic carbocycles. The topological polar surface area (TPSA) is 50.2 Å². The zero-order chi connectivity index (χ0) is 14.8. The predicted octanol–water partition coefficient (Wildman–Crippen LogP) is 4.85. The molecule has 1 heterocycles. The Kier molecular flexibility index (Phi) is 3.94. The zero-order valence-corrected chi connectivity index (χ0v) is 13.2. The van der Waals surface area contributed by atoms with Crippen LogP contribution in [0.1, 0.15) is 10.4 Å². The number of hydrogen-bond acceptors (Lipinski definition) is 3. The zero-order valence-electron chi connectivity index (χ0n) is 10.8. The van der Waals surface area contributed by atoms with E-state index in [2.05, 4.69) is 20.9 Å². The highest BCUT2D eigenvalue weighted by Crippen LogP contribution is 2.34. The molecule has 3 aromatic rings. The van der Waals surface area contributed by atoms with Crippen LogP contribution in [0.15, 0.2) is 69.1 Å². The highest BCUT2D eigenvalue weighted by Gasteiger charge is 2.08. The first-order valence-electron chi connectivity index (χ1n) is 6.19. The number of nitrogens with zero attached hydrogens (tertiary/aromatic N) is 1. The molecule has 3 rings (SSSR count). The lowest BCUT2D eigenvalue weighted by Gasteiger charge is -2.07. The van der Waals surface area contributed by atoms with Crippen LogP contribution in [0.5, 0.6) is 0 Å². The molecule has 0 saturated heterocycles. The van der Waals surface area contributed by atoms with Gasteiger partial charge in [-0.25, -0.2) is 9.78 Å². The SMILES string of the molecule is O=C(O)c1cccc(Sc2nccc3c(Br)cccc23)c1. The maximum absolute atomic E-state index is 11.0. The minimum atomic E-state index is -0.925. The molecule has 2 aromatic carbocycles. The Labute approximate surface area is 134 Å². The molecule has 0 radical (unpaired) electrons. The first-order valence-corrected chi connectivity index (χ1v) is 7.80. The lowest BCUT2D eigenvalue weighted by molar-refractivity contribution is 0.0696. The van der Waals surface area contributed by atoms with Gasteiger partial charge in [0.15, 0.2) is 0 Å². The number of rotatable bonds is 3. The summed E-state index contributed by atoms with van der Waals surface area (Å²) in [4.78, 5) is 16.3. The molecule has 3 nitrogen and oxygen atoms in total. The van der Waals surface area contributed by atoms with Crippen LogP contribution in [-0.2, 0) is 0 Å². The minimum Gasteiger partial charge on any atom is -0.478 e. The van der Waals surface area contributed by atoms with Gasteiger partial charge >= 0.3 is 5.97 Å². The highest BCUT2D eigenvalue weighted by molar-refractivity contribution is 9.10. The standard InChI is InChI=1S/C16H10BrNO2S/c17-14-6-2-5-13-12(14)7-8-18-15(13)21-11-4-1-3-10(9-11)16(19)20/h1-9H,(H,19,20). The summed E-state index contributed by atoms with van der Waals surface area (Å²) in [5.74, 6) is -0.925. The van der Waals surface area contributed by atoms with E-state index >= 15 is 0 Å². The lowest BCUT2D eigenvalue weighted by Crippen LogP contribution is -1.95. The second kappa shape index (κ2) is 5.87. The molecular formula is C16H10BrNO2S. The number of carboxylic acids is 1. The number of pyridine rings is 1. The molecule has 0 spiro atoms. The third kappa shape index (κ3) is 2.94. The number of hydrogen-bond donors (Lipinski definition) is 1. The molecule has 0 aliphatic rings. The summed E-state index contributed by atoms with van der Waals surface area (Å²) in [5.41, 5.74) is 0.279. The van der Waals surface area contributed by atoms with Gasteiger partial charge in [-0.2, -0.15) is 0 Å². The number of halogens is 1. The van der Waals surface area contributed by atoms with Gasteiger partial charge in [-0.1, -0.05) is 45.9 Å². The van der Waals surface area contributed by atoms with Crippen LogP contribution in [-0.4, -0.2) is 16.1 Å². The molecule has 21 heavy (non-hydrogen) atoms. The van der Waals surface area contributed by atoms with Gasteiger partial charge in [0.1, 0.15) is 5.03 Å². The Balaban J connectivity index is 2.04. The third-order valence-electron chi connectivity index (χ3n) is 3.01. The molecule has 1 aromatic heterocycles. The van der Waals surface area contributed by atoms with Crippen LogP contribution in [0.4, 0.5) is 0 Å². The van der Waals surface area contributed by atoms with Crippen molar-refractivity contribution in [2.75, 3.05) is 0 Å². The van der Waals surface area contributed by atoms with Gasteiger partial charge in [0, 0.05) is 26.3 Å². The first kappa shape index (κ1) is 14.1. The van der Waals surface area contributed by atoms with Crippen LogP contribution in [0.2, 0.25) is 0 Å². The minimum absolute atomic E-state index is 0.279.